The summed E-state index contributed by atoms with van der Waals surface area (Å²) < 4.78 is 7.21. The van der Waals surface area contributed by atoms with E-state index >= 15 is 0 Å². The first-order valence-electron chi connectivity index (χ1n) is 10.8. The molecule has 1 spiro atoms. The van der Waals surface area contributed by atoms with E-state index in [-0.39, 0.29) is 24.2 Å². The minimum absolute atomic E-state index is 0.0675. The second kappa shape index (κ2) is 7.87. The van der Waals surface area contributed by atoms with Crippen molar-refractivity contribution in [3.8, 4) is 11.4 Å². The molecule has 164 valence electrons. The smallest absolute Gasteiger partial charge is 0.325 e. The summed E-state index contributed by atoms with van der Waals surface area (Å²) in [6.45, 7) is 5.57. The van der Waals surface area contributed by atoms with E-state index in [1.54, 1.807) is 7.11 Å². The van der Waals surface area contributed by atoms with Crippen LogP contribution >= 0.6 is 0 Å². The fraction of sp³-hybridized carbons (Fsp3) is 0.458. The molecule has 1 aromatic carbocycles. The Labute approximate surface area is 182 Å². The number of carbonyl (C=O) groups is 3. The molecule has 2 aromatic rings. The number of aryl methyl sites for hydroxylation is 1. The minimum Gasteiger partial charge on any atom is -0.497 e. The van der Waals surface area contributed by atoms with Crippen LogP contribution in [-0.4, -0.2) is 46.4 Å². The number of Topliss-reactive ketones (excluding diaryl/α,β-unsaturated/α-hetero) is 1. The highest BCUT2D eigenvalue weighted by Crippen LogP contribution is 2.38. The van der Waals surface area contributed by atoms with Crippen LogP contribution in [-0.2, 0) is 4.79 Å². The third-order valence-electron chi connectivity index (χ3n) is 6.87. The zero-order valence-electron chi connectivity index (χ0n) is 18.5. The van der Waals surface area contributed by atoms with Crippen LogP contribution in [0.1, 0.15) is 54.4 Å². The van der Waals surface area contributed by atoms with Crippen LogP contribution in [0.3, 0.4) is 0 Å². The van der Waals surface area contributed by atoms with E-state index < -0.39 is 11.6 Å². The molecule has 1 aliphatic carbocycles. The molecule has 0 bridgehead atoms. The van der Waals surface area contributed by atoms with Crippen molar-refractivity contribution in [3.63, 3.8) is 0 Å². The van der Waals surface area contributed by atoms with Crippen LogP contribution in [0, 0.1) is 19.8 Å². The van der Waals surface area contributed by atoms with Crippen LogP contribution < -0.4 is 10.1 Å². The number of rotatable bonds is 5. The summed E-state index contributed by atoms with van der Waals surface area (Å²) in [4.78, 5) is 40.1. The molecule has 2 heterocycles. The number of urea groups is 1. The molecule has 1 N–H and O–H groups in total. The highest BCUT2D eigenvalue weighted by molar-refractivity contribution is 6.11. The van der Waals surface area contributed by atoms with Gasteiger partial charge in [-0.3, -0.25) is 14.5 Å². The SMILES string of the molecule is COc1ccc(-n2c(C)cc(C(=O)CN3C(=O)N[C@@]4(CCCC[C@@H]4C)C3=O)c2C)cc1. The zero-order chi connectivity index (χ0) is 22.3. The molecule has 3 amide bonds. The van der Waals surface area contributed by atoms with Gasteiger partial charge < -0.3 is 14.6 Å². The predicted octanol–water partition coefficient (Wildman–Crippen LogP) is 3.79. The molecule has 7 nitrogen and oxygen atoms in total. The summed E-state index contributed by atoms with van der Waals surface area (Å²) in [5.74, 6) is 0.323. The number of hydrogen-bond acceptors (Lipinski definition) is 4. The van der Waals surface area contributed by atoms with Gasteiger partial charge >= 0.3 is 6.03 Å². The first-order chi connectivity index (χ1) is 14.8. The maximum absolute atomic E-state index is 13.2. The first kappa shape index (κ1) is 21.2. The third kappa shape index (κ3) is 3.42. The predicted molar refractivity (Wildman–Crippen MR) is 117 cm³/mol. The van der Waals surface area contributed by atoms with Crippen LogP contribution in [0.15, 0.2) is 30.3 Å². The van der Waals surface area contributed by atoms with Gasteiger partial charge in [0, 0.05) is 22.6 Å². The van der Waals surface area contributed by atoms with Crippen molar-refractivity contribution in [2.24, 2.45) is 5.92 Å². The Morgan fingerprint density at radius 3 is 2.55 bits per heavy atom. The van der Waals surface area contributed by atoms with Gasteiger partial charge in [0.2, 0.25) is 0 Å². The number of amides is 3. The number of nitrogens with zero attached hydrogens (tertiary/aromatic N) is 2. The minimum atomic E-state index is -0.852. The van der Waals surface area contributed by atoms with Crippen molar-refractivity contribution < 1.29 is 19.1 Å². The molecule has 7 heteroatoms. The number of ether oxygens (including phenoxy) is 1. The summed E-state index contributed by atoms with van der Waals surface area (Å²) in [5.41, 5.74) is 2.27. The maximum atomic E-state index is 13.2. The van der Waals surface area contributed by atoms with E-state index in [2.05, 4.69) is 5.32 Å². The summed E-state index contributed by atoms with van der Waals surface area (Å²) in [7, 11) is 1.62. The van der Waals surface area contributed by atoms with E-state index in [0.29, 0.717) is 12.0 Å². The third-order valence-corrected chi connectivity index (χ3v) is 6.87. The van der Waals surface area contributed by atoms with Crippen molar-refractivity contribution in [1.29, 1.82) is 0 Å². The lowest BCUT2D eigenvalue weighted by Gasteiger charge is -2.36. The molecule has 1 saturated carbocycles. The molecule has 0 radical (unpaired) electrons. The van der Waals surface area contributed by atoms with E-state index in [1.807, 2.05) is 55.7 Å². The second-order valence-electron chi connectivity index (χ2n) is 8.68. The standard InChI is InChI=1S/C24H29N3O4/c1-15-7-5-6-12-24(15)22(29)26(23(30)25-24)14-21(28)20-13-16(2)27(17(20)3)18-8-10-19(31-4)11-9-18/h8-11,13,15H,5-7,12,14H2,1-4H3,(H,25,30)/t15-,24+/m0/s1. The van der Waals surface area contributed by atoms with Crippen LogP contribution in [0.4, 0.5) is 4.79 Å². The quantitative estimate of drug-likeness (QED) is 0.586. The van der Waals surface area contributed by atoms with E-state index in [4.69, 9.17) is 4.74 Å². The first-order valence-corrected chi connectivity index (χ1v) is 10.8. The molecule has 1 saturated heterocycles. The summed E-state index contributed by atoms with van der Waals surface area (Å²) in [5, 5.41) is 2.91. The molecular weight excluding hydrogens is 394 g/mol. The monoisotopic (exact) mass is 423 g/mol. The van der Waals surface area contributed by atoms with Gasteiger partial charge in [0.15, 0.2) is 5.78 Å². The van der Waals surface area contributed by atoms with E-state index in [9.17, 15) is 14.4 Å². The van der Waals surface area contributed by atoms with Gasteiger partial charge in [-0.1, -0.05) is 19.8 Å². The lowest BCUT2D eigenvalue weighted by atomic mass is 9.73. The number of benzene rings is 1. The van der Waals surface area contributed by atoms with Gasteiger partial charge in [0.25, 0.3) is 5.91 Å². The summed E-state index contributed by atoms with van der Waals surface area (Å²) >= 11 is 0. The highest BCUT2D eigenvalue weighted by atomic mass is 16.5. The average Bonchev–Trinajstić information content (AvgIpc) is 3.18. The number of methoxy groups -OCH3 is 1. The number of carbonyl (C=O) groups excluding carboxylic acids is 3. The lowest BCUT2D eigenvalue weighted by molar-refractivity contribution is -0.133. The van der Waals surface area contributed by atoms with Gasteiger partial charge in [-0.2, -0.15) is 0 Å². The van der Waals surface area contributed by atoms with Gasteiger partial charge in [-0.15, -0.1) is 0 Å². The Morgan fingerprint density at radius 2 is 1.90 bits per heavy atom. The zero-order valence-corrected chi connectivity index (χ0v) is 18.5. The fourth-order valence-corrected chi connectivity index (χ4v) is 5.04. The Morgan fingerprint density at radius 1 is 1.19 bits per heavy atom. The van der Waals surface area contributed by atoms with Crippen LogP contribution in [0.5, 0.6) is 5.75 Å². The average molecular weight is 424 g/mol. The Balaban J connectivity index is 1.58. The van der Waals surface area contributed by atoms with E-state index in [0.717, 1.165) is 47.0 Å². The number of hydrogen-bond donors (Lipinski definition) is 1. The molecule has 0 unspecified atom stereocenters. The Bertz CT molecular complexity index is 1040. The molecule has 2 aliphatic rings. The maximum Gasteiger partial charge on any atom is 0.325 e. The number of ketones is 1. The topological polar surface area (TPSA) is 80.6 Å². The van der Waals surface area contributed by atoms with Gasteiger partial charge in [-0.05, 0) is 62.9 Å². The molecule has 1 aromatic heterocycles. The van der Waals surface area contributed by atoms with Crippen LogP contribution in [0.25, 0.3) is 5.69 Å². The van der Waals surface area contributed by atoms with Crippen molar-refractivity contribution in [1.82, 2.24) is 14.8 Å². The normalized spacial score (nSPS) is 23.4. The second-order valence-corrected chi connectivity index (χ2v) is 8.68. The Hall–Kier alpha value is -3.09. The lowest BCUT2D eigenvalue weighted by Crippen LogP contribution is -2.54. The molecule has 31 heavy (non-hydrogen) atoms. The summed E-state index contributed by atoms with van der Waals surface area (Å²) in [6.07, 6.45) is 3.50. The molecular formula is C24H29N3O4. The van der Waals surface area contributed by atoms with Crippen molar-refractivity contribution >= 4 is 17.7 Å². The van der Waals surface area contributed by atoms with Crippen LogP contribution in [0.2, 0.25) is 0 Å². The molecule has 4 rings (SSSR count). The fourth-order valence-electron chi connectivity index (χ4n) is 5.04. The number of imide groups is 1. The summed E-state index contributed by atoms with van der Waals surface area (Å²) in [6, 6.07) is 8.95. The molecule has 2 fully saturated rings. The number of nitrogens with one attached hydrogen (secondary N) is 1. The molecule has 2 atom stereocenters. The highest BCUT2D eigenvalue weighted by Gasteiger charge is 2.55. The van der Waals surface area contributed by atoms with E-state index in [1.165, 1.54) is 0 Å². The number of aromatic nitrogens is 1. The van der Waals surface area contributed by atoms with Crippen molar-refractivity contribution in [2.45, 2.75) is 52.0 Å². The van der Waals surface area contributed by atoms with Gasteiger partial charge in [0.05, 0.1) is 13.7 Å². The molecule has 1 aliphatic heterocycles. The van der Waals surface area contributed by atoms with Gasteiger partial charge in [0.1, 0.15) is 11.3 Å². The Kier molecular flexibility index (Phi) is 5.37. The van der Waals surface area contributed by atoms with Gasteiger partial charge in [-0.25, -0.2) is 4.79 Å². The van der Waals surface area contributed by atoms with Crippen molar-refractivity contribution in [2.75, 3.05) is 13.7 Å². The largest absolute Gasteiger partial charge is 0.497 e. The van der Waals surface area contributed by atoms with Crippen molar-refractivity contribution in [3.05, 3.63) is 47.3 Å².